The molecular weight excluding hydrogens is 390 g/mol. The molecule has 31 heavy (non-hydrogen) atoms. The van der Waals surface area contributed by atoms with Crippen LogP contribution in [-0.2, 0) is 13.1 Å². The van der Waals surface area contributed by atoms with Crippen molar-refractivity contribution in [3.63, 3.8) is 0 Å². The molecule has 0 spiro atoms. The molecule has 0 saturated carbocycles. The first-order valence-corrected chi connectivity index (χ1v) is 10.6. The molecule has 0 saturated heterocycles. The Balaban J connectivity index is 1.45. The van der Waals surface area contributed by atoms with E-state index in [1.807, 2.05) is 49.4 Å². The van der Waals surface area contributed by atoms with Crippen LogP contribution in [0.5, 0.6) is 17.2 Å². The fourth-order valence-corrected chi connectivity index (χ4v) is 3.77. The number of hydrogen-bond acceptors (Lipinski definition) is 5. The average Bonchev–Trinajstić information content (AvgIpc) is 3.23. The molecule has 0 unspecified atom stereocenters. The van der Waals surface area contributed by atoms with Crippen molar-refractivity contribution in [2.45, 2.75) is 33.0 Å². The van der Waals surface area contributed by atoms with E-state index in [0.29, 0.717) is 13.1 Å². The monoisotopic (exact) mass is 419 g/mol. The summed E-state index contributed by atoms with van der Waals surface area (Å²) in [5.41, 5.74) is 4.66. The predicted octanol–water partition coefficient (Wildman–Crippen LogP) is 4.47. The van der Waals surface area contributed by atoms with Crippen LogP contribution in [0, 0.1) is 13.8 Å². The third kappa shape index (κ3) is 5.57. The minimum atomic E-state index is -0.613. The molecule has 1 N–H and O–H groups in total. The fourth-order valence-electron chi connectivity index (χ4n) is 3.77. The van der Waals surface area contributed by atoms with Crippen LogP contribution < -0.4 is 14.2 Å². The molecular formula is C26H29NO4. The lowest BCUT2D eigenvalue weighted by molar-refractivity contribution is 0.0625. The number of hydrogen-bond donors (Lipinski definition) is 1. The number of para-hydroxylation sites is 1. The van der Waals surface area contributed by atoms with Crippen LogP contribution in [0.1, 0.15) is 22.3 Å². The lowest BCUT2D eigenvalue weighted by Crippen LogP contribution is -2.35. The topological polar surface area (TPSA) is 51.2 Å². The molecule has 0 radical (unpaired) electrons. The third-order valence-corrected chi connectivity index (χ3v) is 5.49. The van der Waals surface area contributed by atoms with E-state index >= 15 is 0 Å². The Morgan fingerprint density at radius 1 is 0.903 bits per heavy atom. The van der Waals surface area contributed by atoms with Gasteiger partial charge in [-0.3, -0.25) is 4.90 Å². The van der Waals surface area contributed by atoms with Crippen LogP contribution in [0.15, 0.2) is 66.7 Å². The number of aryl methyl sites for hydroxylation is 2. The molecule has 0 amide bonds. The van der Waals surface area contributed by atoms with Crippen molar-refractivity contribution in [1.82, 2.24) is 4.90 Å². The van der Waals surface area contributed by atoms with Crippen molar-refractivity contribution < 1.29 is 19.3 Å². The van der Waals surface area contributed by atoms with Gasteiger partial charge in [-0.05, 0) is 54.3 Å². The predicted molar refractivity (Wildman–Crippen MR) is 121 cm³/mol. The molecule has 0 aliphatic carbocycles. The molecule has 1 aliphatic rings. The highest BCUT2D eigenvalue weighted by Crippen LogP contribution is 2.33. The molecule has 1 atom stereocenters. The van der Waals surface area contributed by atoms with Crippen LogP contribution in [0.4, 0.5) is 0 Å². The Labute approximate surface area is 183 Å². The summed E-state index contributed by atoms with van der Waals surface area (Å²) in [5.74, 6) is 2.36. The van der Waals surface area contributed by atoms with E-state index in [9.17, 15) is 5.11 Å². The van der Waals surface area contributed by atoms with Crippen LogP contribution in [-0.4, -0.2) is 36.1 Å². The SMILES string of the molecule is Cc1ccccc1CN(Cc1ccc2c(c1)OCO2)C[C@@H](O)COc1ccccc1C. The average molecular weight is 420 g/mol. The first kappa shape index (κ1) is 21.2. The summed E-state index contributed by atoms with van der Waals surface area (Å²) in [6.07, 6.45) is -0.613. The standard InChI is InChI=1S/C26H29NO4/c1-19-7-3-5-9-22(19)15-27(14-21-11-12-25-26(13-21)31-18-30-25)16-23(28)17-29-24-10-6-4-8-20(24)2/h3-13,23,28H,14-18H2,1-2H3/t23-/m1/s1. The van der Waals surface area contributed by atoms with Crippen molar-refractivity contribution in [2.75, 3.05) is 19.9 Å². The Morgan fingerprint density at radius 3 is 2.45 bits per heavy atom. The molecule has 0 aromatic heterocycles. The van der Waals surface area contributed by atoms with Gasteiger partial charge in [-0.2, -0.15) is 0 Å². The van der Waals surface area contributed by atoms with Crippen LogP contribution in [0.25, 0.3) is 0 Å². The number of fused-ring (bicyclic) bond motifs is 1. The molecule has 3 aromatic carbocycles. The van der Waals surface area contributed by atoms with E-state index < -0.39 is 6.10 Å². The molecule has 5 heteroatoms. The number of benzene rings is 3. The Morgan fingerprint density at radius 2 is 1.65 bits per heavy atom. The van der Waals surface area contributed by atoms with Gasteiger partial charge < -0.3 is 19.3 Å². The Bertz CT molecular complexity index is 1020. The highest BCUT2D eigenvalue weighted by molar-refractivity contribution is 5.44. The second-order valence-electron chi connectivity index (χ2n) is 8.01. The van der Waals surface area contributed by atoms with Gasteiger partial charge >= 0.3 is 0 Å². The zero-order valence-corrected chi connectivity index (χ0v) is 18.1. The second-order valence-corrected chi connectivity index (χ2v) is 8.01. The maximum atomic E-state index is 10.7. The number of aliphatic hydroxyl groups excluding tert-OH is 1. The third-order valence-electron chi connectivity index (χ3n) is 5.49. The first-order valence-electron chi connectivity index (χ1n) is 10.6. The normalized spacial score (nSPS) is 13.4. The summed E-state index contributed by atoms with van der Waals surface area (Å²) in [7, 11) is 0. The molecule has 0 fully saturated rings. The molecule has 3 aromatic rings. The van der Waals surface area contributed by atoms with Gasteiger partial charge in [0.05, 0.1) is 0 Å². The molecule has 0 bridgehead atoms. The first-order chi connectivity index (χ1) is 15.1. The molecule has 5 nitrogen and oxygen atoms in total. The van der Waals surface area contributed by atoms with E-state index in [1.165, 1.54) is 11.1 Å². The summed E-state index contributed by atoms with van der Waals surface area (Å²) in [6.45, 7) is 6.55. The Kier molecular flexibility index (Phi) is 6.75. The van der Waals surface area contributed by atoms with Crippen LogP contribution >= 0.6 is 0 Å². The van der Waals surface area contributed by atoms with Gasteiger partial charge in [0, 0.05) is 19.6 Å². The van der Waals surface area contributed by atoms with Crippen molar-refractivity contribution in [2.24, 2.45) is 0 Å². The van der Waals surface area contributed by atoms with Crippen molar-refractivity contribution in [1.29, 1.82) is 0 Å². The second kappa shape index (κ2) is 9.86. The number of ether oxygens (including phenoxy) is 3. The molecule has 1 aliphatic heterocycles. The summed E-state index contributed by atoms with van der Waals surface area (Å²) in [4.78, 5) is 2.24. The van der Waals surface area contributed by atoms with E-state index in [2.05, 4.69) is 36.1 Å². The van der Waals surface area contributed by atoms with Gasteiger partial charge in [-0.1, -0.05) is 48.5 Å². The minimum absolute atomic E-state index is 0.246. The van der Waals surface area contributed by atoms with Gasteiger partial charge in [0.1, 0.15) is 18.5 Å². The lowest BCUT2D eigenvalue weighted by Gasteiger charge is -2.26. The number of rotatable bonds is 9. The fraction of sp³-hybridized carbons (Fsp3) is 0.308. The van der Waals surface area contributed by atoms with E-state index in [1.54, 1.807) is 0 Å². The number of nitrogens with zero attached hydrogens (tertiary/aromatic N) is 1. The zero-order chi connectivity index (χ0) is 21.6. The van der Waals surface area contributed by atoms with Crippen molar-refractivity contribution in [3.05, 3.63) is 89.0 Å². The lowest BCUT2D eigenvalue weighted by atomic mass is 10.1. The van der Waals surface area contributed by atoms with Crippen molar-refractivity contribution in [3.8, 4) is 17.2 Å². The van der Waals surface area contributed by atoms with Crippen molar-refractivity contribution >= 4 is 0 Å². The number of aliphatic hydroxyl groups is 1. The smallest absolute Gasteiger partial charge is 0.231 e. The van der Waals surface area contributed by atoms with Gasteiger partial charge in [0.2, 0.25) is 6.79 Å². The summed E-state index contributed by atoms with van der Waals surface area (Å²) >= 11 is 0. The van der Waals surface area contributed by atoms with Gasteiger partial charge in [-0.25, -0.2) is 0 Å². The van der Waals surface area contributed by atoms with Crippen LogP contribution in [0.3, 0.4) is 0 Å². The largest absolute Gasteiger partial charge is 0.491 e. The Hall–Kier alpha value is -3.02. The van der Waals surface area contributed by atoms with E-state index in [-0.39, 0.29) is 13.4 Å². The molecule has 4 rings (SSSR count). The summed E-state index contributed by atoms with van der Waals surface area (Å²) in [5, 5.41) is 10.7. The molecule has 162 valence electrons. The maximum Gasteiger partial charge on any atom is 0.231 e. The van der Waals surface area contributed by atoms with E-state index in [0.717, 1.165) is 34.9 Å². The van der Waals surface area contributed by atoms with Gasteiger partial charge in [0.15, 0.2) is 11.5 Å². The molecule has 1 heterocycles. The van der Waals surface area contributed by atoms with E-state index in [4.69, 9.17) is 14.2 Å². The quantitative estimate of drug-likeness (QED) is 0.554. The highest BCUT2D eigenvalue weighted by atomic mass is 16.7. The summed E-state index contributed by atoms with van der Waals surface area (Å²) < 4.78 is 16.8. The van der Waals surface area contributed by atoms with Gasteiger partial charge in [-0.15, -0.1) is 0 Å². The minimum Gasteiger partial charge on any atom is -0.491 e. The van der Waals surface area contributed by atoms with Gasteiger partial charge in [0.25, 0.3) is 0 Å². The van der Waals surface area contributed by atoms with Crippen LogP contribution in [0.2, 0.25) is 0 Å². The summed E-state index contributed by atoms with van der Waals surface area (Å²) in [6, 6.07) is 22.2. The highest BCUT2D eigenvalue weighted by Gasteiger charge is 2.18. The zero-order valence-electron chi connectivity index (χ0n) is 18.1. The maximum absolute atomic E-state index is 10.7.